The van der Waals surface area contributed by atoms with Crippen molar-refractivity contribution in [1.82, 2.24) is 4.90 Å². The summed E-state index contributed by atoms with van der Waals surface area (Å²) >= 11 is 0. The molecule has 0 radical (unpaired) electrons. The highest BCUT2D eigenvalue weighted by molar-refractivity contribution is 5.81. The molecule has 0 spiro atoms. The molecule has 0 atom stereocenters. The molecule has 92 valence electrons. The summed E-state index contributed by atoms with van der Waals surface area (Å²) in [6, 6.07) is 5.27. The third-order valence-corrected chi connectivity index (χ3v) is 3.13. The molecule has 1 N–H and O–H groups in total. The molecular weight excluding hydrogens is 219 g/mol. The van der Waals surface area contributed by atoms with Gasteiger partial charge in [-0.05, 0) is 31.4 Å². The fraction of sp³-hybridized carbons (Fsp3) is 0.462. The molecule has 1 aliphatic rings. The Bertz CT molecular complexity index is 409. The number of halogens is 1. The number of benzene rings is 1. The summed E-state index contributed by atoms with van der Waals surface area (Å²) in [7, 11) is 1.80. The van der Waals surface area contributed by atoms with E-state index in [4.69, 9.17) is 0 Å². The van der Waals surface area contributed by atoms with Crippen LogP contribution in [0.4, 0.5) is 10.1 Å². The van der Waals surface area contributed by atoms with E-state index in [2.05, 4.69) is 5.32 Å². The summed E-state index contributed by atoms with van der Waals surface area (Å²) in [4.78, 5) is 13.5. The minimum Gasteiger partial charge on any atom is -0.374 e. The fourth-order valence-electron chi connectivity index (χ4n) is 1.81. The average molecular weight is 236 g/mol. The summed E-state index contributed by atoms with van der Waals surface area (Å²) in [6.45, 7) is 1.97. The molecule has 1 aromatic carbocycles. The maximum Gasteiger partial charge on any atom is 0.241 e. The molecule has 0 aromatic heterocycles. The Balaban J connectivity index is 1.95. The Morgan fingerprint density at radius 1 is 1.53 bits per heavy atom. The smallest absolute Gasteiger partial charge is 0.241 e. The van der Waals surface area contributed by atoms with Gasteiger partial charge in [-0.2, -0.15) is 0 Å². The molecule has 1 aromatic rings. The van der Waals surface area contributed by atoms with Crippen LogP contribution in [-0.4, -0.2) is 30.4 Å². The minimum atomic E-state index is -0.313. The molecule has 4 heteroatoms. The van der Waals surface area contributed by atoms with Crippen LogP contribution in [-0.2, 0) is 4.79 Å². The van der Waals surface area contributed by atoms with Crippen LogP contribution in [0.3, 0.4) is 0 Å². The van der Waals surface area contributed by atoms with Crippen molar-refractivity contribution in [2.45, 2.75) is 25.8 Å². The van der Waals surface area contributed by atoms with Gasteiger partial charge < -0.3 is 10.2 Å². The monoisotopic (exact) mass is 236 g/mol. The van der Waals surface area contributed by atoms with Gasteiger partial charge in [-0.25, -0.2) is 4.39 Å². The van der Waals surface area contributed by atoms with Gasteiger partial charge in [0, 0.05) is 13.1 Å². The molecule has 0 heterocycles. The number of carbonyl (C=O) groups is 1. The lowest BCUT2D eigenvalue weighted by atomic mass is 10.2. The number of rotatable bonds is 4. The van der Waals surface area contributed by atoms with Gasteiger partial charge in [0.15, 0.2) is 0 Å². The van der Waals surface area contributed by atoms with Crippen LogP contribution in [0.15, 0.2) is 18.2 Å². The van der Waals surface area contributed by atoms with E-state index >= 15 is 0 Å². The topological polar surface area (TPSA) is 32.3 Å². The van der Waals surface area contributed by atoms with E-state index in [1.54, 1.807) is 18.0 Å². The maximum absolute atomic E-state index is 13.5. The highest BCUT2D eigenvalue weighted by Crippen LogP contribution is 2.25. The van der Waals surface area contributed by atoms with Gasteiger partial charge in [0.1, 0.15) is 5.82 Å². The number of hydrogen-bond acceptors (Lipinski definition) is 2. The number of carbonyl (C=O) groups excluding carboxylic acids is 1. The third kappa shape index (κ3) is 2.75. The Morgan fingerprint density at radius 2 is 2.24 bits per heavy atom. The summed E-state index contributed by atoms with van der Waals surface area (Å²) in [6.07, 6.45) is 2.17. The van der Waals surface area contributed by atoms with Crippen molar-refractivity contribution in [3.05, 3.63) is 29.6 Å². The van der Waals surface area contributed by atoms with Gasteiger partial charge in [-0.3, -0.25) is 4.79 Å². The fourth-order valence-corrected chi connectivity index (χ4v) is 1.81. The molecule has 3 nitrogen and oxygen atoms in total. The minimum absolute atomic E-state index is 0.00940. The normalized spacial score (nSPS) is 14.5. The summed E-state index contributed by atoms with van der Waals surface area (Å²) in [5, 5.41) is 2.88. The van der Waals surface area contributed by atoms with E-state index < -0.39 is 0 Å². The first kappa shape index (κ1) is 11.9. The van der Waals surface area contributed by atoms with Crippen LogP contribution in [0.2, 0.25) is 0 Å². The van der Waals surface area contributed by atoms with Crippen molar-refractivity contribution in [3.8, 4) is 0 Å². The van der Waals surface area contributed by atoms with Crippen LogP contribution < -0.4 is 5.32 Å². The third-order valence-electron chi connectivity index (χ3n) is 3.13. The maximum atomic E-state index is 13.5. The molecule has 1 fully saturated rings. The standard InChI is InChI=1S/C13H17FN2O/c1-9-4-3-5-11(14)13(9)15-8-12(17)16(2)10-6-7-10/h3-5,10,15H,6-8H2,1-2H3. The molecule has 0 unspecified atom stereocenters. The quantitative estimate of drug-likeness (QED) is 0.869. The van der Waals surface area contributed by atoms with Crippen molar-refractivity contribution >= 4 is 11.6 Å². The second kappa shape index (κ2) is 4.73. The summed E-state index contributed by atoms with van der Waals surface area (Å²) in [5.74, 6) is -0.304. The lowest BCUT2D eigenvalue weighted by molar-refractivity contribution is -0.128. The lowest BCUT2D eigenvalue weighted by Gasteiger charge is -2.17. The number of aryl methyl sites for hydroxylation is 1. The van der Waals surface area contributed by atoms with Gasteiger partial charge >= 0.3 is 0 Å². The number of amides is 1. The van der Waals surface area contributed by atoms with Crippen LogP contribution in [0.1, 0.15) is 18.4 Å². The Hall–Kier alpha value is -1.58. The van der Waals surface area contributed by atoms with Crippen LogP contribution >= 0.6 is 0 Å². The van der Waals surface area contributed by atoms with Crippen molar-refractivity contribution < 1.29 is 9.18 Å². The van der Waals surface area contributed by atoms with E-state index in [0.717, 1.165) is 18.4 Å². The van der Waals surface area contributed by atoms with Crippen molar-refractivity contribution in [3.63, 3.8) is 0 Å². The van der Waals surface area contributed by atoms with Crippen LogP contribution in [0.5, 0.6) is 0 Å². The molecule has 0 saturated heterocycles. The van der Waals surface area contributed by atoms with E-state index in [1.165, 1.54) is 6.07 Å². The predicted molar refractivity (Wildman–Crippen MR) is 65.4 cm³/mol. The van der Waals surface area contributed by atoms with Crippen molar-refractivity contribution in [2.75, 3.05) is 18.9 Å². The number of nitrogens with one attached hydrogen (secondary N) is 1. The van der Waals surface area contributed by atoms with E-state index in [9.17, 15) is 9.18 Å². The van der Waals surface area contributed by atoms with Gasteiger partial charge in [0.25, 0.3) is 0 Å². The Morgan fingerprint density at radius 3 is 2.82 bits per heavy atom. The molecule has 1 saturated carbocycles. The number of anilines is 1. The zero-order valence-electron chi connectivity index (χ0n) is 10.2. The summed E-state index contributed by atoms with van der Waals surface area (Å²) in [5.41, 5.74) is 1.23. The van der Waals surface area contributed by atoms with Crippen LogP contribution in [0.25, 0.3) is 0 Å². The molecule has 1 amide bonds. The first-order valence-corrected chi connectivity index (χ1v) is 5.84. The second-order valence-electron chi connectivity index (χ2n) is 4.52. The Kier molecular flexibility index (Phi) is 3.31. The zero-order chi connectivity index (χ0) is 12.4. The largest absolute Gasteiger partial charge is 0.374 e. The van der Waals surface area contributed by atoms with Gasteiger partial charge in [0.2, 0.25) is 5.91 Å². The lowest BCUT2D eigenvalue weighted by Crippen LogP contribution is -2.34. The highest BCUT2D eigenvalue weighted by atomic mass is 19.1. The first-order valence-electron chi connectivity index (χ1n) is 5.84. The molecule has 0 aliphatic heterocycles. The van der Waals surface area contributed by atoms with Crippen molar-refractivity contribution in [2.24, 2.45) is 0 Å². The zero-order valence-corrected chi connectivity index (χ0v) is 10.2. The van der Waals surface area contributed by atoms with E-state index in [0.29, 0.717) is 11.7 Å². The van der Waals surface area contributed by atoms with Gasteiger partial charge in [0.05, 0.1) is 12.2 Å². The van der Waals surface area contributed by atoms with Crippen LogP contribution in [0, 0.1) is 12.7 Å². The first-order chi connectivity index (χ1) is 8.09. The van der Waals surface area contributed by atoms with Gasteiger partial charge in [-0.15, -0.1) is 0 Å². The molecule has 1 aliphatic carbocycles. The predicted octanol–water partition coefficient (Wildman–Crippen LogP) is 2.17. The molecule has 2 rings (SSSR count). The summed E-state index contributed by atoms with van der Waals surface area (Å²) < 4.78 is 13.5. The van der Waals surface area contributed by atoms with Gasteiger partial charge in [-0.1, -0.05) is 12.1 Å². The van der Waals surface area contributed by atoms with E-state index in [1.807, 2.05) is 13.0 Å². The number of para-hydroxylation sites is 1. The molecule has 0 bridgehead atoms. The van der Waals surface area contributed by atoms with Crippen molar-refractivity contribution in [1.29, 1.82) is 0 Å². The highest BCUT2D eigenvalue weighted by Gasteiger charge is 2.29. The van der Waals surface area contributed by atoms with E-state index in [-0.39, 0.29) is 18.3 Å². The molecule has 17 heavy (non-hydrogen) atoms. The Labute approximate surface area is 101 Å². The number of nitrogens with zero attached hydrogens (tertiary/aromatic N) is 1. The number of hydrogen-bond donors (Lipinski definition) is 1. The SMILES string of the molecule is Cc1cccc(F)c1NCC(=O)N(C)C1CC1. The average Bonchev–Trinajstić information content (AvgIpc) is 3.11. The number of likely N-dealkylation sites (N-methyl/N-ethyl adjacent to an activating group) is 1. The second-order valence-corrected chi connectivity index (χ2v) is 4.52. The molecular formula is C13H17FN2O.